The molecular weight excluding hydrogens is 216 g/mol. The molecule has 1 aliphatic rings. The van der Waals surface area contributed by atoms with Crippen molar-refractivity contribution in [3.05, 3.63) is 16.6 Å². The molecular formula is C13H22N2S. The summed E-state index contributed by atoms with van der Waals surface area (Å²) < 4.78 is 0. The van der Waals surface area contributed by atoms with Crippen LogP contribution in [0.4, 0.5) is 0 Å². The zero-order valence-corrected chi connectivity index (χ0v) is 11.1. The van der Waals surface area contributed by atoms with Crippen LogP contribution in [0.3, 0.4) is 0 Å². The Labute approximate surface area is 102 Å². The summed E-state index contributed by atoms with van der Waals surface area (Å²) in [4.78, 5) is 5.61. The molecule has 0 aliphatic heterocycles. The van der Waals surface area contributed by atoms with Crippen LogP contribution in [0.25, 0.3) is 0 Å². The van der Waals surface area contributed by atoms with Gasteiger partial charge >= 0.3 is 0 Å². The molecule has 1 aromatic heterocycles. The Balaban J connectivity index is 1.84. The van der Waals surface area contributed by atoms with Gasteiger partial charge in [-0.05, 0) is 44.1 Å². The highest BCUT2D eigenvalue weighted by Gasteiger charge is 2.32. The van der Waals surface area contributed by atoms with Gasteiger partial charge in [0.05, 0.1) is 5.51 Å². The maximum absolute atomic E-state index is 4.16. The number of hydrogen-bond donors (Lipinski definition) is 1. The second-order valence-electron chi connectivity index (χ2n) is 4.93. The summed E-state index contributed by atoms with van der Waals surface area (Å²) in [5.74, 6) is 1.67. The smallest absolute Gasteiger partial charge is 0.0794 e. The van der Waals surface area contributed by atoms with Crippen molar-refractivity contribution in [2.24, 2.45) is 11.8 Å². The van der Waals surface area contributed by atoms with E-state index in [4.69, 9.17) is 0 Å². The third-order valence-electron chi connectivity index (χ3n) is 3.83. The monoisotopic (exact) mass is 238 g/mol. The Morgan fingerprint density at radius 1 is 1.50 bits per heavy atom. The van der Waals surface area contributed by atoms with E-state index in [1.807, 2.05) is 11.7 Å². The topological polar surface area (TPSA) is 24.9 Å². The molecule has 90 valence electrons. The molecule has 16 heavy (non-hydrogen) atoms. The molecule has 3 heteroatoms. The second kappa shape index (κ2) is 5.78. The van der Waals surface area contributed by atoms with Crippen LogP contribution in [0.1, 0.15) is 38.0 Å². The van der Waals surface area contributed by atoms with Gasteiger partial charge in [0, 0.05) is 17.1 Å². The largest absolute Gasteiger partial charge is 0.314 e. The first-order valence-electron chi connectivity index (χ1n) is 6.42. The summed E-state index contributed by atoms with van der Waals surface area (Å²) in [7, 11) is 0. The van der Waals surface area contributed by atoms with Crippen molar-refractivity contribution in [3.63, 3.8) is 0 Å². The van der Waals surface area contributed by atoms with E-state index in [9.17, 15) is 0 Å². The van der Waals surface area contributed by atoms with Crippen LogP contribution in [0.5, 0.6) is 0 Å². The molecule has 0 saturated heterocycles. The fourth-order valence-electron chi connectivity index (χ4n) is 2.75. The third kappa shape index (κ3) is 2.83. The summed E-state index contributed by atoms with van der Waals surface area (Å²) in [5, 5.41) is 3.68. The molecule has 1 saturated carbocycles. The predicted molar refractivity (Wildman–Crippen MR) is 69.8 cm³/mol. The molecule has 0 radical (unpaired) electrons. The lowest BCUT2D eigenvalue weighted by molar-refractivity contribution is 0.352. The van der Waals surface area contributed by atoms with E-state index in [0.29, 0.717) is 0 Å². The maximum atomic E-state index is 4.16. The lowest BCUT2D eigenvalue weighted by Gasteiger charge is -2.21. The molecule has 0 bridgehead atoms. The van der Waals surface area contributed by atoms with Crippen molar-refractivity contribution >= 4 is 11.3 Å². The number of aromatic nitrogens is 1. The van der Waals surface area contributed by atoms with Crippen LogP contribution < -0.4 is 5.32 Å². The lowest BCUT2D eigenvalue weighted by atomic mass is 9.92. The molecule has 1 aromatic rings. The number of thiazole rings is 1. The Bertz CT molecular complexity index is 297. The average Bonchev–Trinajstić information content (AvgIpc) is 2.89. The summed E-state index contributed by atoms with van der Waals surface area (Å²) in [6.45, 7) is 5.82. The van der Waals surface area contributed by atoms with Gasteiger partial charge in [0.25, 0.3) is 0 Å². The molecule has 1 fully saturated rings. The van der Waals surface area contributed by atoms with Crippen molar-refractivity contribution in [2.75, 3.05) is 6.54 Å². The summed E-state index contributed by atoms with van der Waals surface area (Å²) in [5.41, 5.74) is 1.95. The van der Waals surface area contributed by atoms with E-state index < -0.39 is 0 Å². The molecule has 3 unspecified atom stereocenters. The van der Waals surface area contributed by atoms with Crippen molar-refractivity contribution in [1.29, 1.82) is 0 Å². The van der Waals surface area contributed by atoms with Gasteiger partial charge in [-0.25, -0.2) is 0 Å². The van der Waals surface area contributed by atoms with Crippen LogP contribution in [0.2, 0.25) is 0 Å². The van der Waals surface area contributed by atoms with E-state index in [-0.39, 0.29) is 0 Å². The Morgan fingerprint density at radius 2 is 2.38 bits per heavy atom. The zero-order valence-electron chi connectivity index (χ0n) is 10.3. The predicted octanol–water partition coefficient (Wildman–Crippen LogP) is 3.10. The number of rotatable bonds is 5. The van der Waals surface area contributed by atoms with Crippen LogP contribution in [-0.4, -0.2) is 17.6 Å². The van der Waals surface area contributed by atoms with E-state index in [1.165, 1.54) is 37.1 Å². The summed E-state index contributed by atoms with van der Waals surface area (Å²) in [6, 6.07) is 0.748. The average molecular weight is 238 g/mol. The van der Waals surface area contributed by atoms with Crippen molar-refractivity contribution in [2.45, 2.75) is 45.6 Å². The van der Waals surface area contributed by atoms with Gasteiger partial charge in [-0.15, -0.1) is 11.3 Å². The quantitative estimate of drug-likeness (QED) is 0.852. The normalized spacial score (nSPS) is 29.8. The van der Waals surface area contributed by atoms with Crippen LogP contribution >= 0.6 is 11.3 Å². The SMILES string of the molecule is CCCNC1CCC(Cc2cncs2)C1C. The molecule has 2 rings (SSSR count). The number of nitrogens with zero attached hydrogens (tertiary/aromatic N) is 1. The first-order chi connectivity index (χ1) is 7.81. The molecule has 3 atom stereocenters. The van der Waals surface area contributed by atoms with Gasteiger partial charge in [-0.1, -0.05) is 13.8 Å². The Kier molecular flexibility index (Phi) is 4.36. The Morgan fingerprint density at radius 3 is 3.06 bits per heavy atom. The minimum atomic E-state index is 0.748. The van der Waals surface area contributed by atoms with E-state index in [1.54, 1.807) is 11.3 Å². The van der Waals surface area contributed by atoms with E-state index in [0.717, 1.165) is 17.9 Å². The minimum Gasteiger partial charge on any atom is -0.314 e. The van der Waals surface area contributed by atoms with Crippen LogP contribution in [0.15, 0.2) is 11.7 Å². The zero-order chi connectivity index (χ0) is 11.4. The van der Waals surface area contributed by atoms with E-state index in [2.05, 4.69) is 24.1 Å². The van der Waals surface area contributed by atoms with Crippen molar-refractivity contribution in [1.82, 2.24) is 10.3 Å². The second-order valence-corrected chi connectivity index (χ2v) is 5.90. The highest BCUT2D eigenvalue weighted by molar-refractivity contribution is 7.09. The number of hydrogen-bond acceptors (Lipinski definition) is 3. The van der Waals surface area contributed by atoms with Crippen molar-refractivity contribution < 1.29 is 0 Å². The van der Waals surface area contributed by atoms with Gasteiger partial charge in [0.1, 0.15) is 0 Å². The van der Waals surface area contributed by atoms with Crippen molar-refractivity contribution in [3.8, 4) is 0 Å². The highest BCUT2D eigenvalue weighted by atomic mass is 32.1. The molecule has 1 N–H and O–H groups in total. The van der Waals surface area contributed by atoms with Gasteiger partial charge in [-0.2, -0.15) is 0 Å². The molecule has 0 spiro atoms. The van der Waals surface area contributed by atoms with Crippen LogP contribution in [-0.2, 0) is 6.42 Å². The molecule has 2 nitrogen and oxygen atoms in total. The molecule has 0 aromatic carbocycles. The highest BCUT2D eigenvalue weighted by Crippen LogP contribution is 2.34. The van der Waals surface area contributed by atoms with Gasteiger partial charge in [0.15, 0.2) is 0 Å². The molecule has 1 heterocycles. The first-order valence-corrected chi connectivity index (χ1v) is 7.30. The Hall–Kier alpha value is -0.410. The van der Waals surface area contributed by atoms with Gasteiger partial charge < -0.3 is 5.32 Å². The minimum absolute atomic E-state index is 0.748. The van der Waals surface area contributed by atoms with Gasteiger partial charge in [0.2, 0.25) is 0 Å². The molecule has 0 amide bonds. The standard InChI is InChI=1S/C13H22N2S/c1-3-6-15-13-5-4-11(10(13)2)7-12-8-14-9-16-12/h8-11,13,15H,3-7H2,1-2H3. The fourth-order valence-corrected chi connectivity index (χ4v) is 3.44. The maximum Gasteiger partial charge on any atom is 0.0794 e. The molecule has 1 aliphatic carbocycles. The summed E-state index contributed by atoms with van der Waals surface area (Å²) in [6.07, 6.45) is 7.23. The van der Waals surface area contributed by atoms with Crippen LogP contribution in [0, 0.1) is 11.8 Å². The number of nitrogens with one attached hydrogen (secondary N) is 1. The third-order valence-corrected chi connectivity index (χ3v) is 4.63. The first kappa shape index (κ1) is 12.1. The fraction of sp³-hybridized carbons (Fsp3) is 0.769. The van der Waals surface area contributed by atoms with Gasteiger partial charge in [-0.3, -0.25) is 4.98 Å². The summed E-state index contributed by atoms with van der Waals surface area (Å²) >= 11 is 1.80. The van der Waals surface area contributed by atoms with E-state index >= 15 is 0 Å². The lowest BCUT2D eigenvalue weighted by Crippen LogP contribution is -2.33.